The lowest BCUT2D eigenvalue weighted by molar-refractivity contribution is -0.143. The van der Waals surface area contributed by atoms with Crippen LogP contribution in [0.2, 0.25) is 0 Å². The van der Waals surface area contributed by atoms with E-state index in [2.05, 4.69) is 6.92 Å². The van der Waals surface area contributed by atoms with Gasteiger partial charge in [0.25, 0.3) is 0 Å². The second kappa shape index (κ2) is 18.6. The molecule has 0 saturated heterocycles. The molecular weight excluding hydrogens is 375 g/mol. The second-order valence-electron chi connectivity index (χ2n) is 7.32. The average molecular weight is 421 g/mol. The molecule has 0 amide bonds. The van der Waals surface area contributed by atoms with Gasteiger partial charge >= 0.3 is 13.6 Å². The lowest BCUT2D eigenvalue weighted by atomic mass is 10.0. The number of esters is 1. The maximum atomic E-state index is 13.0. The summed E-state index contributed by atoms with van der Waals surface area (Å²) >= 11 is 0. The van der Waals surface area contributed by atoms with Gasteiger partial charge in [0.2, 0.25) is 0 Å². The maximum Gasteiger partial charge on any atom is 0.344 e. The van der Waals surface area contributed by atoms with Gasteiger partial charge in [0.1, 0.15) is 0 Å². The minimum absolute atomic E-state index is 0.256. The van der Waals surface area contributed by atoms with E-state index in [1.807, 2.05) is 0 Å². The molecule has 0 saturated carbocycles. The quantitative estimate of drug-likeness (QED) is 0.118. The van der Waals surface area contributed by atoms with Gasteiger partial charge in [0.05, 0.1) is 19.8 Å². The van der Waals surface area contributed by atoms with E-state index in [1.165, 1.54) is 57.8 Å². The van der Waals surface area contributed by atoms with Crippen LogP contribution in [0.4, 0.5) is 0 Å². The zero-order valence-corrected chi connectivity index (χ0v) is 19.8. The van der Waals surface area contributed by atoms with E-state index in [0.29, 0.717) is 6.42 Å². The molecule has 0 aromatic heterocycles. The summed E-state index contributed by atoms with van der Waals surface area (Å²) in [5.41, 5.74) is -0.810. The van der Waals surface area contributed by atoms with E-state index >= 15 is 0 Å². The molecule has 0 heterocycles. The monoisotopic (exact) mass is 420 g/mol. The Morgan fingerprint density at radius 3 is 1.50 bits per heavy atom. The van der Waals surface area contributed by atoms with E-state index in [-0.39, 0.29) is 19.8 Å². The summed E-state index contributed by atoms with van der Waals surface area (Å²) in [7, 11) is -3.47. The Morgan fingerprint density at radius 2 is 1.11 bits per heavy atom. The van der Waals surface area contributed by atoms with Gasteiger partial charge in [0.15, 0.2) is 5.66 Å². The first-order valence-corrected chi connectivity index (χ1v) is 13.2. The van der Waals surface area contributed by atoms with Crippen molar-refractivity contribution >= 4 is 13.6 Å². The van der Waals surface area contributed by atoms with Gasteiger partial charge in [-0.1, -0.05) is 84.0 Å². The third-order valence-corrected chi connectivity index (χ3v) is 7.36. The smallest absolute Gasteiger partial charge is 0.344 e. The maximum absolute atomic E-state index is 13.0. The van der Waals surface area contributed by atoms with E-state index in [0.717, 1.165) is 19.3 Å². The summed E-state index contributed by atoms with van der Waals surface area (Å²) in [6, 6.07) is 0. The molecule has 0 bridgehead atoms. The van der Waals surface area contributed by atoms with E-state index in [1.54, 1.807) is 20.8 Å². The molecule has 0 aromatic rings. The molecule has 0 spiro atoms. The first-order valence-electron chi connectivity index (χ1n) is 11.6. The Labute approximate surface area is 173 Å². The zero-order chi connectivity index (χ0) is 21.1. The fraction of sp³-hybridized carbons (Fsp3) is 0.955. The number of rotatable bonds is 20. The van der Waals surface area contributed by atoms with Crippen molar-refractivity contribution < 1.29 is 23.1 Å². The molecule has 0 N–H and O–H groups in total. The van der Waals surface area contributed by atoms with Crippen LogP contribution in [0.5, 0.6) is 0 Å². The van der Waals surface area contributed by atoms with Gasteiger partial charge in [0, 0.05) is 0 Å². The number of hydrogen-bond donors (Lipinski definition) is 0. The molecule has 168 valence electrons. The zero-order valence-electron chi connectivity index (χ0n) is 18.9. The summed E-state index contributed by atoms with van der Waals surface area (Å²) < 4.78 is 28.9. The molecule has 0 aliphatic heterocycles. The Kier molecular flexibility index (Phi) is 18.4. The molecule has 0 fully saturated rings. The molecule has 28 heavy (non-hydrogen) atoms. The van der Waals surface area contributed by atoms with Crippen molar-refractivity contribution in [1.82, 2.24) is 0 Å². The second-order valence-corrected chi connectivity index (χ2v) is 9.54. The minimum Gasteiger partial charge on any atom is -0.465 e. The predicted molar refractivity (Wildman–Crippen MR) is 117 cm³/mol. The van der Waals surface area contributed by atoms with Gasteiger partial charge in [-0.25, -0.2) is 0 Å². The van der Waals surface area contributed by atoms with Crippen molar-refractivity contribution in [3.05, 3.63) is 0 Å². The molecular formula is C22H45O5P. The summed E-state index contributed by atoms with van der Waals surface area (Å²) in [5.74, 6) is -0.462. The van der Waals surface area contributed by atoms with Crippen LogP contribution in [0.1, 0.15) is 111 Å². The van der Waals surface area contributed by atoms with E-state index in [4.69, 9.17) is 13.8 Å². The number of carbonyl (C=O) groups excluding carboxylic acids is 1. The Bertz CT molecular complexity index is 404. The minimum atomic E-state index is -3.47. The normalized spacial score (nSPS) is 12.9. The van der Waals surface area contributed by atoms with Crippen LogP contribution < -0.4 is 0 Å². The average Bonchev–Trinajstić information content (AvgIpc) is 2.66. The summed E-state index contributed by atoms with van der Waals surface area (Å²) in [6.07, 6.45) is 15.5. The highest BCUT2D eigenvalue weighted by Gasteiger charge is 2.41. The Morgan fingerprint density at radius 1 is 0.679 bits per heavy atom. The highest BCUT2D eigenvalue weighted by molar-refractivity contribution is 7.55. The topological polar surface area (TPSA) is 61.8 Å². The SMILES string of the molecule is CCCCCCCCCCCCCCC(C(=O)OCC)P(=O)(OCC)OCC. The fourth-order valence-electron chi connectivity index (χ4n) is 3.40. The van der Waals surface area contributed by atoms with Crippen molar-refractivity contribution in [2.45, 2.75) is 117 Å². The highest BCUT2D eigenvalue weighted by atomic mass is 31.2. The van der Waals surface area contributed by atoms with E-state index < -0.39 is 19.2 Å². The van der Waals surface area contributed by atoms with Gasteiger partial charge in [-0.15, -0.1) is 0 Å². The van der Waals surface area contributed by atoms with Crippen molar-refractivity contribution in [3.63, 3.8) is 0 Å². The van der Waals surface area contributed by atoms with Crippen LogP contribution in [0.25, 0.3) is 0 Å². The molecule has 1 unspecified atom stereocenters. The van der Waals surface area contributed by atoms with Crippen LogP contribution in [-0.4, -0.2) is 31.4 Å². The van der Waals surface area contributed by atoms with Crippen LogP contribution in [0.15, 0.2) is 0 Å². The molecule has 0 aliphatic carbocycles. The number of hydrogen-bond acceptors (Lipinski definition) is 5. The molecule has 0 aromatic carbocycles. The molecule has 0 rings (SSSR count). The summed E-state index contributed by atoms with van der Waals surface area (Å²) in [6.45, 7) is 8.31. The molecule has 0 aliphatic rings. The number of ether oxygens (including phenoxy) is 1. The Hall–Kier alpha value is -0.380. The van der Waals surface area contributed by atoms with Gasteiger partial charge < -0.3 is 13.8 Å². The molecule has 1 atom stereocenters. The molecule has 5 nitrogen and oxygen atoms in total. The highest BCUT2D eigenvalue weighted by Crippen LogP contribution is 2.55. The largest absolute Gasteiger partial charge is 0.465 e. The van der Waals surface area contributed by atoms with Gasteiger partial charge in [-0.2, -0.15) is 0 Å². The van der Waals surface area contributed by atoms with Crippen LogP contribution in [-0.2, 0) is 23.1 Å². The standard InChI is InChI=1S/C22H45O5P/c1-5-9-10-11-12-13-14-15-16-17-18-19-20-21(22(23)25-6-2)28(24,26-7-3)27-8-4/h21H,5-20H2,1-4H3. The third-order valence-electron chi connectivity index (χ3n) is 4.89. The van der Waals surface area contributed by atoms with E-state index in [9.17, 15) is 9.36 Å². The lowest BCUT2D eigenvalue weighted by Crippen LogP contribution is -2.26. The van der Waals surface area contributed by atoms with Crippen LogP contribution >= 0.6 is 7.60 Å². The van der Waals surface area contributed by atoms with Crippen molar-refractivity contribution in [2.75, 3.05) is 19.8 Å². The first kappa shape index (κ1) is 27.6. The van der Waals surface area contributed by atoms with Crippen LogP contribution in [0.3, 0.4) is 0 Å². The Balaban J connectivity index is 4.12. The van der Waals surface area contributed by atoms with Gasteiger partial charge in [-0.3, -0.25) is 9.36 Å². The fourth-order valence-corrected chi connectivity index (χ4v) is 5.39. The van der Waals surface area contributed by atoms with Gasteiger partial charge in [-0.05, 0) is 27.2 Å². The molecule has 0 radical (unpaired) electrons. The predicted octanol–water partition coefficient (Wildman–Crippen LogP) is 7.28. The van der Waals surface area contributed by atoms with Crippen molar-refractivity contribution in [3.8, 4) is 0 Å². The number of unbranched alkanes of at least 4 members (excludes halogenated alkanes) is 11. The first-order chi connectivity index (χ1) is 13.6. The third kappa shape index (κ3) is 13.0. The molecule has 6 heteroatoms. The van der Waals surface area contributed by atoms with Crippen LogP contribution in [0, 0.1) is 0 Å². The number of carbonyl (C=O) groups is 1. The van der Waals surface area contributed by atoms with Crippen molar-refractivity contribution in [1.29, 1.82) is 0 Å². The summed E-state index contributed by atoms with van der Waals surface area (Å²) in [4.78, 5) is 12.3. The lowest BCUT2D eigenvalue weighted by Gasteiger charge is -2.24. The van der Waals surface area contributed by atoms with Crippen molar-refractivity contribution in [2.24, 2.45) is 0 Å². The summed E-state index contributed by atoms with van der Waals surface area (Å²) in [5, 5.41) is 0.